The fraction of sp³-hybridized carbons (Fsp3) is 0.688. The van der Waals surface area contributed by atoms with Gasteiger partial charge in [-0.15, -0.1) is 11.3 Å². The van der Waals surface area contributed by atoms with E-state index in [1.54, 1.807) is 11.3 Å². The predicted molar refractivity (Wildman–Crippen MR) is 81.4 cm³/mol. The molecule has 1 saturated heterocycles. The molecule has 1 aromatic rings. The number of amides is 1. The van der Waals surface area contributed by atoms with Gasteiger partial charge in [0, 0.05) is 16.9 Å². The topological polar surface area (TPSA) is 38.3 Å². The summed E-state index contributed by atoms with van der Waals surface area (Å²) in [6.07, 6.45) is 5.74. The second-order valence-corrected chi connectivity index (χ2v) is 7.18. The van der Waals surface area contributed by atoms with Gasteiger partial charge in [0.2, 0.25) is 0 Å². The highest BCUT2D eigenvalue weighted by Gasteiger charge is 2.27. The Morgan fingerprint density at radius 2 is 2.35 bits per heavy atom. The van der Waals surface area contributed by atoms with E-state index < -0.39 is 0 Å². The standard InChI is InChI=1S/C16H23NO2S/c1-10-5-6-12-13(9-20-15(12)8-10)16(18)17-11(2)14-4-3-7-19-14/h9-11,14H,3-8H2,1-2H3,(H,17,18). The Morgan fingerprint density at radius 3 is 3.10 bits per heavy atom. The molecule has 0 radical (unpaired) electrons. The van der Waals surface area contributed by atoms with Gasteiger partial charge in [-0.1, -0.05) is 6.92 Å². The van der Waals surface area contributed by atoms with Gasteiger partial charge in [-0.2, -0.15) is 0 Å². The Kier molecular flexibility index (Phi) is 4.13. The van der Waals surface area contributed by atoms with Crippen LogP contribution in [0.5, 0.6) is 0 Å². The normalized spacial score (nSPS) is 27.1. The molecule has 2 heterocycles. The second kappa shape index (κ2) is 5.86. The van der Waals surface area contributed by atoms with Crippen molar-refractivity contribution in [3.05, 3.63) is 21.4 Å². The fourth-order valence-electron chi connectivity index (χ4n) is 3.24. The van der Waals surface area contributed by atoms with Gasteiger partial charge in [0.15, 0.2) is 0 Å². The van der Waals surface area contributed by atoms with Crippen LogP contribution in [0.4, 0.5) is 0 Å². The lowest BCUT2D eigenvalue weighted by Gasteiger charge is -2.22. The first-order valence-electron chi connectivity index (χ1n) is 7.67. The zero-order valence-electron chi connectivity index (χ0n) is 12.3. The van der Waals surface area contributed by atoms with Gasteiger partial charge in [0.1, 0.15) is 0 Å². The van der Waals surface area contributed by atoms with E-state index in [0.717, 1.165) is 43.8 Å². The van der Waals surface area contributed by atoms with Gasteiger partial charge >= 0.3 is 0 Å². The molecule has 0 bridgehead atoms. The molecule has 0 saturated carbocycles. The lowest BCUT2D eigenvalue weighted by Crippen LogP contribution is -2.41. The van der Waals surface area contributed by atoms with Crippen molar-refractivity contribution in [3.63, 3.8) is 0 Å². The number of carbonyl (C=O) groups excluding carboxylic acids is 1. The van der Waals surface area contributed by atoms with Crippen LogP contribution >= 0.6 is 11.3 Å². The van der Waals surface area contributed by atoms with E-state index in [9.17, 15) is 4.79 Å². The number of carbonyl (C=O) groups is 1. The minimum Gasteiger partial charge on any atom is -0.376 e. The molecule has 0 aromatic carbocycles. The van der Waals surface area contributed by atoms with Crippen molar-refractivity contribution in [1.82, 2.24) is 5.32 Å². The van der Waals surface area contributed by atoms with Crippen LogP contribution in [-0.2, 0) is 17.6 Å². The van der Waals surface area contributed by atoms with E-state index in [0.29, 0.717) is 0 Å². The third-order valence-electron chi connectivity index (χ3n) is 4.53. The molecule has 3 rings (SSSR count). The Hall–Kier alpha value is -0.870. The van der Waals surface area contributed by atoms with Crippen LogP contribution in [0.1, 0.15) is 53.9 Å². The van der Waals surface area contributed by atoms with Crippen LogP contribution in [0.3, 0.4) is 0 Å². The molecule has 1 fully saturated rings. The smallest absolute Gasteiger partial charge is 0.252 e. The fourth-order valence-corrected chi connectivity index (χ4v) is 4.49. The molecule has 1 amide bonds. The Morgan fingerprint density at radius 1 is 1.50 bits per heavy atom. The van der Waals surface area contributed by atoms with Gasteiger partial charge in [-0.25, -0.2) is 0 Å². The molecule has 2 aliphatic rings. The molecule has 110 valence electrons. The summed E-state index contributed by atoms with van der Waals surface area (Å²) in [7, 11) is 0. The number of fused-ring (bicyclic) bond motifs is 1. The highest BCUT2D eigenvalue weighted by molar-refractivity contribution is 7.10. The summed E-state index contributed by atoms with van der Waals surface area (Å²) in [5.41, 5.74) is 2.20. The molecule has 3 atom stereocenters. The molecule has 1 N–H and O–H groups in total. The first kappa shape index (κ1) is 14.1. The van der Waals surface area contributed by atoms with Gasteiger partial charge in [-0.3, -0.25) is 4.79 Å². The van der Waals surface area contributed by atoms with E-state index in [-0.39, 0.29) is 18.1 Å². The van der Waals surface area contributed by atoms with E-state index in [1.807, 2.05) is 5.38 Å². The molecule has 4 heteroatoms. The third kappa shape index (κ3) is 2.77. The van der Waals surface area contributed by atoms with Crippen LogP contribution in [0.2, 0.25) is 0 Å². The summed E-state index contributed by atoms with van der Waals surface area (Å²) in [6, 6.07) is 0.100. The van der Waals surface area contributed by atoms with Crippen LogP contribution in [0.25, 0.3) is 0 Å². The van der Waals surface area contributed by atoms with E-state index in [4.69, 9.17) is 4.74 Å². The minimum atomic E-state index is 0.0834. The van der Waals surface area contributed by atoms with Gasteiger partial charge < -0.3 is 10.1 Å². The third-order valence-corrected chi connectivity index (χ3v) is 5.58. The molecule has 0 spiro atoms. The largest absolute Gasteiger partial charge is 0.376 e. The maximum Gasteiger partial charge on any atom is 0.252 e. The van der Waals surface area contributed by atoms with Gasteiger partial charge in [0.05, 0.1) is 17.7 Å². The maximum atomic E-state index is 12.5. The van der Waals surface area contributed by atoms with Crippen molar-refractivity contribution < 1.29 is 9.53 Å². The van der Waals surface area contributed by atoms with Crippen molar-refractivity contribution in [3.8, 4) is 0 Å². The van der Waals surface area contributed by atoms with Crippen molar-refractivity contribution in [1.29, 1.82) is 0 Å². The number of thiophene rings is 1. The monoisotopic (exact) mass is 293 g/mol. The maximum absolute atomic E-state index is 12.5. The SMILES string of the molecule is CC1CCc2c(C(=O)NC(C)C3CCCO3)csc2C1. The lowest BCUT2D eigenvalue weighted by molar-refractivity contribution is 0.0712. The molecule has 3 unspecified atom stereocenters. The minimum absolute atomic E-state index is 0.0834. The lowest BCUT2D eigenvalue weighted by atomic mass is 9.88. The average Bonchev–Trinajstić information content (AvgIpc) is 3.07. The summed E-state index contributed by atoms with van der Waals surface area (Å²) in [6.45, 7) is 5.17. The van der Waals surface area contributed by atoms with Crippen molar-refractivity contribution in [2.75, 3.05) is 6.61 Å². The molecule has 1 aliphatic heterocycles. The van der Waals surface area contributed by atoms with Crippen LogP contribution in [0, 0.1) is 5.92 Å². The Bertz CT molecular complexity index is 491. The number of hydrogen-bond acceptors (Lipinski definition) is 3. The highest BCUT2D eigenvalue weighted by Crippen LogP contribution is 2.32. The average molecular weight is 293 g/mol. The van der Waals surface area contributed by atoms with Crippen molar-refractivity contribution in [2.45, 2.75) is 58.1 Å². The van der Waals surface area contributed by atoms with Gasteiger partial charge in [-0.05, 0) is 50.5 Å². The first-order chi connectivity index (χ1) is 9.65. The van der Waals surface area contributed by atoms with E-state index in [2.05, 4.69) is 19.2 Å². The van der Waals surface area contributed by atoms with Crippen LogP contribution in [-0.4, -0.2) is 24.7 Å². The number of rotatable bonds is 3. The summed E-state index contributed by atoms with van der Waals surface area (Å²) < 4.78 is 5.65. The zero-order valence-corrected chi connectivity index (χ0v) is 13.1. The summed E-state index contributed by atoms with van der Waals surface area (Å²) in [5.74, 6) is 0.836. The highest BCUT2D eigenvalue weighted by atomic mass is 32.1. The summed E-state index contributed by atoms with van der Waals surface area (Å²) in [5, 5.41) is 5.17. The molecule has 1 aromatic heterocycles. The molecule has 1 aliphatic carbocycles. The molecular weight excluding hydrogens is 270 g/mol. The predicted octanol–water partition coefficient (Wildman–Crippen LogP) is 3.17. The number of hydrogen-bond donors (Lipinski definition) is 1. The Labute approximate surface area is 124 Å². The second-order valence-electron chi connectivity index (χ2n) is 6.21. The summed E-state index contributed by atoms with van der Waals surface area (Å²) in [4.78, 5) is 13.9. The van der Waals surface area contributed by atoms with Crippen molar-refractivity contribution >= 4 is 17.2 Å². The molecular formula is C16H23NO2S. The van der Waals surface area contributed by atoms with E-state index in [1.165, 1.54) is 16.9 Å². The van der Waals surface area contributed by atoms with Crippen molar-refractivity contribution in [2.24, 2.45) is 5.92 Å². The zero-order chi connectivity index (χ0) is 14.1. The quantitative estimate of drug-likeness (QED) is 0.929. The molecule has 3 nitrogen and oxygen atoms in total. The number of nitrogens with one attached hydrogen (secondary N) is 1. The number of ether oxygens (including phenoxy) is 1. The van der Waals surface area contributed by atoms with Gasteiger partial charge in [0.25, 0.3) is 5.91 Å². The first-order valence-corrected chi connectivity index (χ1v) is 8.55. The van der Waals surface area contributed by atoms with Crippen LogP contribution < -0.4 is 5.32 Å². The van der Waals surface area contributed by atoms with Crippen LogP contribution in [0.15, 0.2) is 5.38 Å². The van der Waals surface area contributed by atoms with E-state index >= 15 is 0 Å². The molecule has 20 heavy (non-hydrogen) atoms. The summed E-state index contributed by atoms with van der Waals surface area (Å²) >= 11 is 1.75. The Balaban J connectivity index is 1.68.